The van der Waals surface area contributed by atoms with Crippen molar-refractivity contribution in [1.29, 1.82) is 0 Å². The number of hydrogen-bond donors (Lipinski definition) is 2. The van der Waals surface area contributed by atoms with Gasteiger partial charge < -0.3 is 19.7 Å². The molecule has 1 rings (SSSR count). The highest BCUT2D eigenvalue weighted by atomic mass is 16.6. The number of ketones is 1. The first-order valence-electron chi connectivity index (χ1n) is 11.0. The average Bonchev–Trinajstić information content (AvgIpc) is 2.78. The van der Waals surface area contributed by atoms with Crippen LogP contribution in [0, 0.1) is 17.8 Å². The Morgan fingerprint density at radius 3 is 2.19 bits per heavy atom. The van der Waals surface area contributed by atoms with Crippen LogP contribution in [0.4, 0.5) is 0 Å². The van der Waals surface area contributed by atoms with Gasteiger partial charge in [0.25, 0.3) is 0 Å². The van der Waals surface area contributed by atoms with Gasteiger partial charge >= 0.3 is 5.97 Å². The van der Waals surface area contributed by atoms with E-state index in [-0.39, 0.29) is 24.0 Å². The average molecular weight is 447 g/mol. The number of esters is 1. The Bertz CT molecular complexity index is 770. The zero-order valence-corrected chi connectivity index (χ0v) is 20.0. The minimum absolute atomic E-state index is 0.0173. The minimum atomic E-state index is -0.954. The Morgan fingerprint density at radius 1 is 1.09 bits per heavy atom. The van der Waals surface area contributed by atoms with E-state index in [1.54, 1.807) is 50.3 Å². The molecule has 2 N–H and O–H groups in total. The van der Waals surface area contributed by atoms with Crippen LogP contribution in [0.2, 0.25) is 0 Å². The van der Waals surface area contributed by atoms with E-state index < -0.39 is 36.3 Å². The van der Waals surface area contributed by atoms with Crippen LogP contribution in [0.1, 0.15) is 51.4 Å². The number of carbonyl (C=O) groups is 2. The molecule has 0 fully saturated rings. The van der Waals surface area contributed by atoms with Crippen LogP contribution in [-0.2, 0) is 14.3 Å². The van der Waals surface area contributed by atoms with Gasteiger partial charge in [0.2, 0.25) is 0 Å². The number of carbonyl (C=O) groups excluding carboxylic acids is 2. The summed E-state index contributed by atoms with van der Waals surface area (Å²) in [6, 6.07) is 8.64. The van der Waals surface area contributed by atoms with Crippen LogP contribution < -0.4 is 0 Å². The third kappa shape index (κ3) is 8.01. The maximum Gasteiger partial charge on any atom is 0.338 e. The molecule has 0 saturated heterocycles. The summed E-state index contributed by atoms with van der Waals surface area (Å²) >= 11 is 0. The van der Waals surface area contributed by atoms with Gasteiger partial charge in [-0.25, -0.2) is 4.79 Å². The second-order valence-electron chi connectivity index (χ2n) is 8.67. The molecule has 0 aliphatic heterocycles. The lowest BCUT2D eigenvalue weighted by Gasteiger charge is -2.28. The van der Waals surface area contributed by atoms with Crippen LogP contribution in [0.5, 0.6) is 0 Å². The van der Waals surface area contributed by atoms with Crippen LogP contribution >= 0.6 is 0 Å². The molecule has 0 radical (unpaired) electrons. The van der Waals surface area contributed by atoms with Gasteiger partial charge in [-0.15, -0.1) is 6.58 Å². The summed E-state index contributed by atoms with van der Waals surface area (Å²) in [6.07, 6.45) is 0.273. The molecule has 0 bridgehead atoms. The normalized spacial score (nSPS) is 17.7. The number of hydrogen-bond acceptors (Lipinski definition) is 6. The molecule has 32 heavy (non-hydrogen) atoms. The number of ether oxygens (including phenoxy) is 2. The first-order chi connectivity index (χ1) is 15.0. The highest BCUT2D eigenvalue weighted by molar-refractivity contribution is 5.95. The molecule has 0 aromatic heterocycles. The molecule has 0 heterocycles. The summed E-state index contributed by atoms with van der Waals surface area (Å²) in [5, 5.41) is 20.6. The third-order valence-electron chi connectivity index (χ3n) is 5.78. The summed E-state index contributed by atoms with van der Waals surface area (Å²) in [4.78, 5) is 25.3. The van der Waals surface area contributed by atoms with Gasteiger partial charge in [-0.1, -0.05) is 58.0 Å². The van der Waals surface area contributed by atoms with Gasteiger partial charge in [-0.05, 0) is 30.5 Å². The van der Waals surface area contributed by atoms with E-state index in [1.165, 1.54) is 7.11 Å². The van der Waals surface area contributed by atoms with Gasteiger partial charge in [-0.2, -0.15) is 0 Å². The molecule has 1 aromatic rings. The fraction of sp³-hybridized carbons (Fsp3) is 0.538. The Kier molecular flexibility index (Phi) is 11.5. The molecule has 0 saturated carbocycles. The number of allylic oxidation sites excluding steroid dienone is 1. The number of rotatable bonds is 13. The molecule has 0 unspecified atom stereocenters. The lowest BCUT2D eigenvalue weighted by atomic mass is 9.87. The smallest absolute Gasteiger partial charge is 0.338 e. The first-order valence-corrected chi connectivity index (χ1v) is 11.0. The number of Topliss-reactive ketones (excluding diaryl/α,β-unsaturated/α-hetero) is 1. The summed E-state index contributed by atoms with van der Waals surface area (Å²) < 4.78 is 11.2. The number of methoxy groups -OCH3 is 1. The molecule has 6 nitrogen and oxygen atoms in total. The topological polar surface area (TPSA) is 93.1 Å². The fourth-order valence-corrected chi connectivity index (χ4v) is 3.56. The molecule has 0 aliphatic rings. The summed E-state index contributed by atoms with van der Waals surface area (Å²) in [6.45, 7) is 12.7. The maximum absolute atomic E-state index is 12.7. The second kappa shape index (κ2) is 13.3. The van der Waals surface area contributed by atoms with Crippen molar-refractivity contribution in [3.8, 4) is 0 Å². The molecule has 0 amide bonds. The Hall–Kier alpha value is -2.28. The van der Waals surface area contributed by atoms with Crippen LogP contribution in [0.3, 0.4) is 0 Å². The second-order valence-corrected chi connectivity index (χ2v) is 8.67. The van der Waals surface area contributed by atoms with Crippen LogP contribution in [0.15, 0.2) is 54.6 Å². The van der Waals surface area contributed by atoms with E-state index in [2.05, 4.69) is 6.58 Å². The van der Waals surface area contributed by atoms with Gasteiger partial charge in [0, 0.05) is 25.4 Å². The zero-order chi connectivity index (χ0) is 24.4. The molecule has 6 atom stereocenters. The lowest BCUT2D eigenvalue weighted by molar-refractivity contribution is -0.119. The summed E-state index contributed by atoms with van der Waals surface area (Å²) in [5.41, 5.74) is 0.865. The van der Waals surface area contributed by atoms with Crippen molar-refractivity contribution < 1.29 is 29.3 Å². The molecule has 1 aromatic carbocycles. The largest absolute Gasteiger partial charge is 0.455 e. The van der Waals surface area contributed by atoms with Gasteiger partial charge in [0.05, 0.1) is 17.8 Å². The predicted octanol–water partition coefficient (Wildman–Crippen LogP) is 3.97. The van der Waals surface area contributed by atoms with Crippen molar-refractivity contribution in [1.82, 2.24) is 0 Å². The van der Waals surface area contributed by atoms with E-state index in [4.69, 9.17) is 9.47 Å². The van der Waals surface area contributed by atoms with Crippen molar-refractivity contribution in [2.45, 2.75) is 65.5 Å². The SMILES string of the molecule is C=C[C@H](OC)[C@H](OC(=O)c1ccccc1)[C@@H](C)/C=C(\C)C(=O)C[C@@H](O)[C@H](C)[C@H](O)C(C)C. The van der Waals surface area contributed by atoms with Crippen LogP contribution in [0.25, 0.3) is 0 Å². The fourth-order valence-electron chi connectivity index (χ4n) is 3.56. The first kappa shape index (κ1) is 27.8. The predicted molar refractivity (Wildman–Crippen MR) is 125 cm³/mol. The van der Waals surface area contributed by atoms with Crippen molar-refractivity contribution in [3.63, 3.8) is 0 Å². The number of benzene rings is 1. The minimum Gasteiger partial charge on any atom is -0.455 e. The van der Waals surface area contributed by atoms with E-state index >= 15 is 0 Å². The molecule has 6 heteroatoms. The zero-order valence-electron chi connectivity index (χ0n) is 20.0. The van der Waals surface area contributed by atoms with Crippen molar-refractivity contribution in [2.24, 2.45) is 17.8 Å². The van der Waals surface area contributed by atoms with E-state index in [0.29, 0.717) is 11.1 Å². The van der Waals surface area contributed by atoms with Crippen molar-refractivity contribution in [2.75, 3.05) is 7.11 Å². The Balaban J connectivity index is 2.96. The van der Waals surface area contributed by atoms with E-state index in [1.807, 2.05) is 26.8 Å². The highest BCUT2D eigenvalue weighted by Gasteiger charge is 2.30. The molecule has 178 valence electrons. The molecular weight excluding hydrogens is 408 g/mol. The summed E-state index contributed by atoms with van der Waals surface area (Å²) in [7, 11) is 1.50. The molecular formula is C26H38O6. The Morgan fingerprint density at radius 2 is 1.69 bits per heavy atom. The Labute approximate surface area is 191 Å². The van der Waals surface area contributed by atoms with Gasteiger partial charge in [-0.3, -0.25) is 4.79 Å². The van der Waals surface area contributed by atoms with E-state index in [0.717, 1.165) is 0 Å². The van der Waals surface area contributed by atoms with Gasteiger partial charge in [0.15, 0.2) is 5.78 Å². The quantitative estimate of drug-likeness (QED) is 0.271. The standard InChI is InChI=1S/C26H38O6/c1-8-23(31-7)25(32-26(30)20-12-10-9-11-13-20)18(5)14-17(4)21(27)15-22(28)19(6)24(29)16(2)3/h8-14,16,18-19,22-25,28-29H,1,15H2,2-7H3/b17-14+/t18-,19-,22+,23-,24+,25+/m0/s1. The molecule has 0 spiro atoms. The highest BCUT2D eigenvalue weighted by Crippen LogP contribution is 2.23. The van der Waals surface area contributed by atoms with Gasteiger partial charge in [0.1, 0.15) is 12.2 Å². The summed E-state index contributed by atoms with van der Waals surface area (Å²) in [5.74, 6) is -1.52. The third-order valence-corrected chi connectivity index (χ3v) is 5.78. The van der Waals surface area contributed by atoms with Crippen LogP contribution in [-0.4, -0.2) is 53.5 Å². The lowest BCUT2D eigenvalue weighted by Crippen LogP contribution is -2.36. The maximum atomic E-state index is 12.7. The number of aliphatic hydroxyl groups excluding tert-OH is 2. The molecule has 0 aliphatic carbocycles. The number of aliphatic hydroxyl groups is 2. The van der Waals surface area contributed by atoms with Crippen molar-refractivity contribution in [3.05, 3.63) is 60.2 Å². The monoisotopic (exact) mass is 446 g/mol. The van der Waals surface area contributed by atoms with E-state index in [9.17, 15) is 19.8 Å². The van der Waals surface area contributed by atoms with Crippen molar-refractivity contribution >= 4 is 11.8 Å².